The molecule has 1 N–H and O–H groups in total. The van der Waals surface area contributed by atoms with Gasteiger partial charge in [0.05, 0.1) is 11.6 Å². The zero-order valence-corrected chi connectivity index (χ0v) is 10.9. The van der Waals surface area contributed by atoms with Crippen molar-refractivity contribution in [1.29, 1.82) is 0 Å². The number of para-hydroxylation sites is 1. The van der Waals surface area contributed by atoms with Crippen LogP contribution in [0.25, 0.3) is 10.9 Å². The fraction of sp³-hybridized carbons (Fsp3) is 0.333. The minimum absolute atomic E-state index is 0.0857. The van der Waals surface area contributed by atoms with Crippen LogP contribution in [0.4, 0.5) is 0 Å². The Hall–Kier alpha value is -2.14. The number of ether oxygens (including phenoxy) is 1. The minimum atomic E-state index is -1.19. The lowest BCUT2D eigenvalue weighted by Gasteiger charge is -2.16. The lowest BCUT2D eigenvalue weighted by molar-refractivity contribution is 0.0693. The summed E-state index contributed by atoms with van der Waals surface area (Å²) < 4.78 is 7.41. The van der Waals surface area contributed by atoms with Crippen LogP contribution < -0.4 is 5.43 Å². The van der Waals surface area contributed by atoms with Crippen molar-refractivity contribution in [1.82, 2.24) is 4.57 Å². The third-order valence-corrected chi connectivity index (χ3v) is 3.64. The summed E-state index contributed by atoms with van der Waals surface area (Å²) in [4.78, 5) is 23.3. The maximum absolute atomic E-state index is 12.1. The molecule has 1 saturated heterocycles. The molecule has 0 saturated carbocycles. The normalized spacial score (nSPS) is 18.5. The van der Waals surface area contributed by atoms with Gasteiger partial charge in [-0.2, -0.15) is 0 Å². The van der Waals surface area contributed by atoms with E-state index in [-0.39, 0.29) is 11.7 Å². The second-order valence-electron chi connectivity index (χ2n) is 4.98. The molecule has 2 heterocycles. The lowest BCUT2D eigenvalue weighted by Crippen LogP contribution is -2.22. The molecule has 0 spiro atoms. The maximum atomic E-state index is 12.1. The monoisotopic (exact) mass is 273 g/mol. The van der Waals surface area contributed by atoms with Crippen LogP contribution in [0.3, 0.4) is 0 Å². The highest BCUT2D eigenvalue weighted by Crippen LogP contribution is 2.18. The first-order valence-electron chi connectivity index (χ1n) is 6.64. The molecule has 1 unspecified atom stereocenters. The number of rotatable bonds is 3. The van der Waals surface area contributed by atoms with E-state index in [0.29, 0.717) is 11.9 Å². The van der Waals surface area contributed by atoms with Gasteiger partial charge in [0.15, 0.2) is 0 Å². The van der Waals surface area contributed by atoms with E-state index >= 15 is 0 Å². The van der Waals surface area contributed by atoms with Crippen LogP contribution in [0.1, 0.15) is 23.2 Å². The quantitative estimate of drug-likeness (QED) is 0.927. The number of nitrogens with zero attached hydrogens (tertiary/aromatic N) is 1. The first kappa shape index (κ1) is 12.9. The van der Waals surface area contributed by atoms with E-state index in [1.165, 1.54) is 6.20 Å². The molecule has 3 rings (SSSR count). The van der Waals surface area contributed by atoms with Gasteiger partial charge in [0, 0.05) is 24.7 Å². The van der Waals surface area contributed by atoms with E-state index < -0.39 is 11.4 Å². The van der Waals surface area contributed by atoms with Crippen LogP contribution in [-0.2, 0) is 11.3 Å². The van der Waals surface area contributed by atoms with E-state index in [4.69, 9.17) is 9.84 Å². The molecule has 1 aromatic heterocycles. The van der Waals surface area contributed by atoms with Crippen molar-refractivity contribution < 1.29 is 14.6 Å². The second kappa shape index (κ2) is 5.09. The molecule has 1 aliphatic rings. The highest BCUT2D eigenvalue weighted by Gasteiger charge is 2.19. The molecule has 0 amide bonds. The van der Waals surface area contributed by atoms with E-state index in [1.54, 1.807) is 12.1 Å². The van der Waals surface area contributed by atoms with Crippen molar-refractivity contribution >= 4 is 16.9 Å². The summed E-state index contributed by atoms with van der Waals surface area (Å²) >= 11 is 0. The van der Waals surface area contributed by atoms with E-state index in [1.807, 2.05) is 16.7 Å². The van der Waals surface area contributed by atoms with Crippen molar-refractivity contribution in [2.75, 3.05) is 6.61 Å². The summed E-state index contributed by atoms with van der Waals surface area (Å²) in [5, 5.41) is 9.60. The van der Waals surface area contributed by atoms with Gasteiger partial charge in [0.2, 0.25) is 5.43 Å². The van der Waals surface area contributed by atoms with Gasteiger partial charge in [0.1, 0.15) is 5.56 Å². The standard InChI is InChI=1S/C15H15NO4/c17-14-11-5-1-2-6-13(11)16(9-12(14)15(18)19)8-10-4-3-7-20-10/h1-2,5-6,9-10H,3-4,7-8H2,(H,18,19). The van der Waals surface area contributed by atoms with E-state index in [2.05, 4.69) is 0 Å². The first-order chi connectivity index (χ1) is 9.66. The molecule has 104 valence electrons. The Morgan fingerprint density at radius 2 is 2.20 bits per heavy atom. The van der Waals surface area contributed by atoms with Crippen LogP contribution in [0.2, 0.25) is 0 Å². The molecule has 0 aliphatic carbocycles. The number of carbonyl (C=O) groups is 1. The van der Waals surface area contributed by atoms with Crippen molar-refractivity contribution in [2.45, 2.75) is 25.5 Å². The molecule has 5 nitrogen and oxygen atoms in total. The van der Waals surface area contributed by atoms with Gasteiger partial charge in [-0.15, -0.1) is 0 Å². The topological polar surface area (TPSA) is 68.5 Å². The van der Waals surface area contributed by atoms with Crippen molar-refractivity contribution in [3.8, 4) is 0 Å². The summed E-state index contributed by atoms with van der Waals surface area (Å²) in [5.41, 5.74) is 0.122. The average Bonchev–Trinajstić information content (AvgIpc) is 2.94. The van der Waals surface area contributed by atoms with Gasteiger partial charge >= 0.3 is 5.97 Å². The molecule has 5 heteroatoms. The molecule has 1 fully saturated rings. The SMILES string of the molecule is O=C(O)c1cn(CC2CCCO2)c2ccccc2c1=O. The van der Waals surface area contributed by atoms with Crippen LogP contribution >= 0.6 is 0 Å². The van der Waals surface area contributed by atoms with Gasteiger partial charge in [-0.3, -0.25) is 4.79 Å². The van der Waals surface area contributed by atoms with E-state index in [0.717, 1.165) is 25.0 Å². The maximum Gasteiger partial charge on any atom is 0.341 e. The average molecular weight is 273 g/mol. The van der Waals surface area contributed by atoms with Gasteiger partial charge in [-0.25, -0.2) is 4.79 Å². The fourth-order valence-corrected chi connectivity index (χ4v) is 2.66. The Balaban J connectivity index is 2.16. The predicted molar refractivity (Wildman–Crippen MR) is 74.1 cm³/mol. The number of aromatic carboxylic acids is 1. The van der Waals surface area contributed by atoms with Crippen molar-refractivity contribution in [2.24, 2.45) is 0 Å². The van der Waals surface area contributed by atoms with Crippen LogP contribution in [-0.4, -0.2) is 28.4 Å². The number of benzene rings is 1. The number of pyridine rings is 1. The van der Waals surface area contributed by atoms with Gasteiger partial charge in [-0.05, 0) is 25.0 Å². The zero-order chi connectivity index (χ0) is 14.1. The predicted octanol–water partition coefficient (Wildman–Crippen LogP) is 1.88. The highest BCUT2D eigenvalue weighted by molar-refractivity contribution is 5.92. The Labute approximate surface area is 115 Å². The molecular weight excluding hydrogens is 258 g/mol. The Morgan fingerprint density at radius 3 is 2.90 bits per heavy atom. The van der Waals surface area contributed by atoms with Crippen molar-refractivity contribution in [3.05, 3.63) is 46.2 Å². The smallest absolute Gasteiger partial charge is 0.341 e. The molecular formula is C15H15NO4. The first-order valence-corrected chi connectivity index (χ1v) is 6.64. The number of hydrogen-bond acceptors (Lipinski definition) is 3. The molecule has 1 aromatic carbocycles. The number of carboxylic acids is 1. The molecule has 1 aliphatic heterocycles. The van der Waals surface area contributed by atoms with Gasteiger partial charge in [0.25, 0.3) is 0 Å². The Kier molecular flexibility index (Phi) is 3.28. The summed E-state index contributed by atoms with van der Waals surface area (Å²) in [6.07, 6.45) is 3.49. The molecule has 0 bridgehead atoms. The summed E-state index contributed by atoms with van der Waals surface area (Å²) in [5.74, 6) is -1.19. The Morgan fingerprint density at radius 1 is 1.40 bits per heavy atom. The second-order valence-corrected chi connectivity index (χ2v) is 4.98. The summed E-state index contributed by atoms with van der Waals surface area (Å²) in [6.45, 7) is 1.32. The number of aromatic nitrogens is 1. The van der Waals surface area contributed by atoms with Crippen LogP contribution in [0.5, 0.6) is 0 Å². The highest BCUT2D eigenvalue weighted by atomic mass is 16.5. The summed E-state index contributed by atoms with van der Waals surface area (Å²) in [6, 6.07) is 7.08. The number of carboxylic acid groups (broad SMARTS) is 1. The number of fused-ring (bicyclic) bond motifs is 1. The fourth-order valence-electron chi connectivity index (χ4n) is 2.66. The van der Waals surface area contributed by atoms with E-state index in [9.17, 15) is 9.59 Å². The molecule has 2 aromatic rings. The Bertz CT molecular complexity index is 713. The van der Waals surface area contributed by atoms with Crippen molar-refractivity contribution in [3.63, 3.8) is 0 Å². The molecule has 1 atom stereocenters. The third kappa shape index (κ3) is 2.20. The van der Waals surface area contributed by atoms with Crippen LogP contribution in [0, 0.1) is 0 Å². The molecule has 20 heavy (non-hydrogen) atoms. The third-order valence-electron chi connectivity index (χ3n) is 3.64. The van der Waals surface area contributed by atoms with Gasteiger partial charge in [-0.1, -0.05) is 12.1 Å². The molecule has 0 radical (unpaired) electrons. The largest absolute Gasteiger partial charge is 0.477 e. The van der Waals surface area contributed by atoms with Crippen LogP contribution in [0.15, 0.2) is 35.3 Å². The summed E-state index contributed by atoms with van der Waals surface area (Å²) in [7, 11) is 0. The lowest BCUT2D eigenvalue weighted by atomic mass is 10.1. The van der Waals surface area contributed by atoms with Gasteiger partial charge < -0.3 is 14.4 Å². The zero-order valence-electron chi connectivity index (χ0n) is 10.9. The minimum Gasteiger partial charge on any atom is -0.477 e. The number of hydrogen-bond donors (Lipinski definition) is 1.